The summed E-state index contributed by atoms with van der Waals surface area (Å²) in [6.07, 6.45) is 0. The van der Waals surface area contributed by atoms with Crippen molar-refractivity contribution in [1.29, 1.82) is 0 Å². The summed E-state index contributed by atoms with van der Waals surface area (Å²) in [4.78, 5) is 0. The van der Waals surface area contributed by atoms with Crippen LogP contribution in [0.5, 0.6) is 5.75 Å². The van der Waals surface area contributed by atoms with Crippen LogP contribution in [0.25, 0.3) is 21.5 Å². The van der Waals surface area contributed by atoms with Crippen molar-refractivity contribution >= 4 is 21.5 Å². The van der Waals surface area contributed by atoms with Crippen molar-refractivity contribution < 1.29 is 5.11 Å². The van der Waals surface area contributed by atoms with Crippen molar-refractivity contribution in [2.75, 3.05) is 0 Å². The van der Waals surface area contributed by atoms with E-state index in [4.69, 9.17) is 0 Å². The van der Waals surface area contributed by atoms with Gasteiger partial charge in [-0.05, 0) is 22.2 Å². The van der Waals surface area contributed by atoms with Crippen LogP contribution >= 0.6 is 0 Å². The van der Waals surface area contributed by atoms with Gasteiger partial charge in [-0.15, -0.1) is 0 Å². The summed E-state index contributed by atoms with van der Waals surface area (Å²) in [7, 11) is 0. The van der Waals surface area contributed by atoms with Gasteiger partial charge in [0.2, 0.25) is 0 Å². The summed E-state index contributed by atoms with van der Waals surface area (Å²) in [6.45, 7) is 0. The molecule has 0 saturated carbocycles. The van der Waals surface area contributed by atoms with E-state index in [9.17, 15) is 5.11 Å². The first-order valence-electron chi connectivity index (χ1n) is 4.94. The van der Waals surface area contributed by atoms with E-state index in [1.54, 1.807) is 12.1 Å². The lowest BCUT2D eigenvalue weighted by molar-refractivity contribution is 0.360. The lowest BCUT2D eigenvalue weighted by Crippen LogP contribution is -1.77. The second-order valence-corrected chi connectivity index (χ2v) is 3.64. The van der Waals surface area contributed by atoms with E-state index in [0.717, 1.165) is 21.5 Å². The Morgan fingerprint density at radius 3 is 2.33 bits per heavy atom. The van der Waals surface area contributed by atoms with Crippen LogP contribution in [0, 0.1) is 0 Å². The molecule has 0 aliphatic heterocycles. The van der Waals surface area contributed by atoms with Gasteiger partial charge in [-0.2, -0.15) is 0 Å². The average molecular weight is 193 g/mol. The molecule has 1 nitrogen and oxygen atoms in total. The topological polar surface area (TPSA) is 19.9 Å². The fourth-order valence-corrected chi connectivity index (χ4v) is 2.02. The molecule has 1 radical (unpaired) electrons. The number of benzene rings is 3. The third-order valence-electron chi connectivity index (χ3n) is 2.73. The van der Waals surface area contributed by atoms with Crippen LogP contribution < -0.4 is 0 Å². The van der Waals surface area contributed by atoms with E-state index in [0.29, 0.717) is 0 Å². The molecule has 0 bridgehead atoms. The van der Waals surface area contributed by atoms with E-state index < -0.39 is 0 Å². The van der Waals surface area contributed by atoms with Crippen LogP contribution in [0.15, 0.2) is 54.6 Å². The largest absolute Gasteiger partial charge is 0.289 e. The minimum atomic E-state index is 0.101. The van der Waals surface area contributed by atoms with Crippen LogP contribution in [0.1, 0.15) is 0 Å². The third kappa shape index (κ3) is 1.17. The van der Waals surface area contributed by atoms with Crippen molar-refractivity contribution in [1.82, 2.24) is 0 Å². The summed E-state index contributed by atoms with van der Waals surface area (Å²) < 4.78 is 0. The van der Waals surface area contributed by atoms with Gasteiger partial charge in [0.25, 0.3) is 0 Å². The van der Waals surface area contributed by atoms with E-state index in [2.05, 4.69) is 6.07 Å². The first-order valence-corrected chi connectivity index (χ1v) is 4.94. The second kappa shape index (κ2) is 2.99. The predicted octanol–water partition coefficient (Wildman–Crippen LogP) is 4.14. The molecule has 0 amide bonds. The lowest BCUT2D eigenvalue weighted by atomic mass is 10.0. The van der Waals surface area contributed by atoms with Crippen molar-refractivity contribution in [3.8, 4) is 5.75 Å². The molecule has 0 aromatic heterocycles. The van der Waals surface area contributed by atoms with Gasteiger partial charge in [0.1, 0.15) is 0 Å². The van der Waals surface area contributed by atoms with E-state index in [1.807, 2.05) is 36.4 Å². The summed E-state index contributed by atoms with van der Waals surface area (Å²) in [5.41, 5.74) is 0. The highest BCUT2D eigenvalue weighted by molar-refractivity contribution is 6.10. The normalized spacial score (nSPS) is 10.9. The smallest absolute Gasteiger partial charge is 0.187 e. The third-order valence-corrected chi connectivity index (χ3v) is 2.73. The SMILES string of the molecule is [O]c1cccc2ccc3ccccc3c12. The maximum absolute atomic E-state index is 11.8. The molecule has 0 atom stereocenters. The zero-order chi connectivity index (χ0) is 10.3. The quantitative estimate of drug-likeness (QED) is 0.478. The van der Waals surface area contributed by atoms with Gasteiger partial charge >= 0.3 is 0 Å². The Kier molecular flexibility index (Phi) is 1.65. The van der Waals surface area contributed by atoms with Crippen molar-refractivity contribution in [3.05, 3.63) is 54.6 Å². The highest BCUT2D eigenvalue weighted by Crippen LogP contribution is 2.32. The maximum Gasteiger partial charge on any atom is 0.187 e. The molecule has 0 fully saturated rings. The number of hydrogen-bond donors (Lipinski definition) is 0. The van der Waals surface area contributed by atoms with Crippen molar-refractivity contribution in [3.63, 3.8) is 0 Å². The molecule has 15 heavy (non-hydrogen) atoms. The Morgan fingerprint density at radius 2 is 1.40 bits per heavy atom. The molecule has 71 valence electrons. The Hall–Kier alpha value is -2.02. The molecular weight excluding hydrogens is 184 g/mol. The fraction of sp³-hybridized carbons (Fsp3) is 0. The van der Waals surface area contributed by atoms with Crippen LogP contribution in [-0.2, 0) is 5.11 Å². The Morgan fingerprint density at radius 1 is 0.667 bits per heavy atom. The number of rotatable bonds is 0. The fourth-order valence-electron chi connectivity index (χ4n) is 2.02. The summed E-state index contributed by atoms with van der Waals surface area (Å²) in [5.74, 6) is 0.101. The Balaban J connectivity index is 2.64. The van der Waals surface area contributed by atoms with Gasteiger partial charge < -0.3 is 0 Å². The first-order chi connectivity index (χ1) is 7.36. The minimum absolute atomic E-state index is 0.101. The highest BCUT2D eigenvalue weighted by atomic mass is 16.3. The van der Waals surface area contributed by atoms with Gasteiger partial charge in [-0.3, -0.25) is 5.11 Å². The predicted molar refractivity (Wildman–Crippen MR) is 61.6 cm³/mol. The molecule has 3 aromatic rings. The monoisotopic (exact) mass is 193 g/mol. The van der Waals surface area contributed by atoms with Crippen LogP contribution in [0.4, 0.5) is 0 Å². The van der Waals surface area contributed by atoms with Crippen LogP contribution in [0.3, 0.4) is 0 Å². The molecule has 0 spiro atoms. The number of hydrogen-bond acceptors (Lipinski definition) is 0. The van der Waals surface area contributed by atoms with Crippen molar-refractivity contribution in [2.24, 2.45) is 0 Å². The molecule has 0 heterocycles. The van der Waals surface area contributed by atoms with Gasteiger partial charge in [0.05, 0.1) is 0 Å². The molecular formula is C14H9O. The molecule has 3 aromatic carbocycles. The summed E-state index contributed by atoms with van der Waals surface area (Å²) in [6, 6.07) is 17.4. The van der Waals surface area contributed by atoms with E-state index >= 15 is 0 Å². The molecule has 0 unspecified atom stereocenters. The first kappa shape index (κ1) is 8.30. The minimum Gasteiger partial charge on any atom is -0.289 e. The van der Waals surface area contributed by atoms with Crippen LogP contribution in [0.2, 0.25) is 0 Å². The van der Waals surface area contributed by atoms with Crippen molar-refractivity contribution in [2.45, 2.75) is 0 Å². The summed E-state index contributed by atoms with van der Waals surface area (Å²) in [5, 5.41) is 15.8. The molecule has 0 N–H and O–H groups in total. The van der Waals surface area contributed by atoms with Gasteiger partial charge in [-0.25, -0.2) is 0 Å². The zero-order valence-electron chi connectivity index (χ0n) is 8.10. The van der Waals surface area contributed by atoms with E-state index in [1.165, 1.54) is 0 Å². The maximum atomic E-state index is 11.8. The summed E-state index contributed by atoms with van der Waals surface area (Å²) >= 11 is 0. The van der Waals surface area contributed by atoms with Gasteiger partial charge in [0, 0.05) is 5.39 Å². The molecule has 0 aliphatic carbocycles. The molecule has 3 rings (SSSR count). The zero-order valence-corrected chi connectivity index (χ0v) is 8.10. The molecule has 1 heteroatoms. The highest BCUT2D eigenvalue weighted by Gasteiger charge is 2.04. The molecule has 0 aliphatic rings. The number of fused-ring (bicyclic) bond motifs is 3. The second-order valence-electron chi connectivity index (χ2n) is 3.64. The van der Waals surface area contributed by atoms with Gasteiger partial charge in [-0.1, -0.05) is 48.5 Å². The molecule has 0 saturated heterocycles. The average Bonchev–Trinajstić information content (AvgIpc) is 2.29. The standard InChI is InChI=1S/C14H9O/c15-13-7-3-5-11-9-8-10-4-1-2-6-12(10)14(11)13/h1-9H. The lowest BCUT2D eigenvalue weighted by Gasteiger charge is -2.03. The van der Waals surface area contributed by atoms with Crippen LogP contribution in [-0.4, -0.2) is 0 Å². The van der Waals surface area contributed by atoms with E-state index in [-0.39, 0.29) is 5.75 Å². The Bertz CT molecular complexity index is 641. The Labute approximate surface area is 87.6 Å². The van der Waals surface area contributed by atoms with Gasteiger partial charge in [0.15, 0.2) is 5.75 Å².